The van der Waals surface area contributed by atoms with Crippen LogP contribution in [-0.2, 0) is 0 Å². The molecule has 0 spiro atoms. The summed E-state index contributed by atoms with van der Waals surface area (Å²) in [5, 5.41) is 0. The third kappa shape index (κ3) is 1.60. The van der Waals surface area contributed by atoms with E-state index in [1.165, 1.54) is 0 Å². The van der Waals surface area contributed by atoms with E-state index in [9.17, 15) is 0 Å². The Morgan fingerprint density at radius 2 is 2.25 bits per heavy atom. The summed E-state index contributed by atoms with van der Waals surface area (Å²) < 4.78 is 10.3. The van der Waals surface area contributed by atoms with Crippen molar-refractivity contribution < 1.29 is 9.15 Å². The number of rotatable bonds is 3. The van der Waals surface area contributed by atoms with Crippen LogP contribution in [0, 0.1) is 6.92 Å². The van der Waals surface area contributed by atoms with Gasteiger partial charge >= 0.3 is 5.95 Å². The SMILES string of the molecule is CC[C@H](C)c1nc(C)oc1OC. The maximum Gasteiger partial charge on any atom is 0.308 e. The zero-order chi connectivity index (χ0) is 9.14. The van der Waals surface area contributed by atoms with Gasteiger partial charge in [-0.1, -0.05) is 13.8 Å². The molecule has 1 heterocycles. The number of aromatic nitrogens is 1. The molecular weight excluding hydrogens is 154 g/mol. The molecule has 0 saturated carbocycles. The molecule has 12 heavy (non-hydrogen) atoms. The molecule has 0 saturated heterocycles. The lowest BCUT2D eigenvalue weighted by atomic mass is 10.1. The van der Waals surface area contributed by atoms with Crippen molar-refractivity contribution in [2.75, 3.05) is 7.11 Å². The predicted octanol–water partition coefficient (Wildman–Crippen LogP) is 2.51. The largest absolute Gasteiger partial charge is 0.467 e. The van der Waals surface area contributed by atoms with E-state index >= 15 is 0 Å². The number of aryl methyl sites for hydroxylation is 1. The highest BCUT2D eigenvalue weighted by atomic mass is 16.6. The van der Waals surface area contributed by atoms with E-state index in [1.54, 1.807) is 7.11 Å². The molecule has 0 fully saturated rings. The molecule has 3 heteroatoms. The van der Waals surface area contributed by atoms with E-state index < -0.39 is 0 Å². The van der Waals surface area contributed by atoms with Gasteiger partial charge in [0.15, 0.2) is 5.89 Å². The molecule has 0 aromatic carbocycles. The quantitative estimate of drug-likeness (QED) is 0.697. The fourth-order valence-corrected chi connectivity index (χ4v) is 1.08. The molecule has 1 rings (SSSR count). The second kappa shape index (κ2) is 3.61. The Bertz CT molecular complexity index is 255. The maximum absolute atomic E-state index is 5.25. The second-order valence-corrected chi connectivity index (χ2v) is 2.92. The zero-order valence-corrected chi connectivity index (χ0v) is 8.05. The van der Waals surface area contributed by atoms with Crippen LogP contribution in [0.15, 0.2) is 4.42 Å². The van der Waals surface area contributed by atoms with Crippen molar-refractivity contribution in [2.24, 2.45) is 0 Å². The molecule has 0 unspecified atom stereocenters. The van der Waals surface area contributed by atoms with Crippen LogP contribution in [0.4, 0.5) is 0 Å². The van der Waals surface area contributed by atoms with E-state index in [1.807, 2.05) is 6.92 Å². The van der Waals surface area contributed by atoms with E-state index in [-0.39, 0.29) is 0 Å². The first-order valence-corrected chi connectivity index (χ1v) is 4.20. The zero-order valence-electron chi connectivity index (χ0n) is 8.05. The van der Waals surface area contributed by atoms with Crippen LogP contribution in [0.25, 0.3) is 0 Å². The minimum Gasteiger partial charge on any atom is -0.467 e. The van der Waals surface area contributed by atoms with Gasteiger partial charge in [-0.15, -0.1) is 0 Å². The molecule has 3 nitrogen and oxygen atoms in total. The summed E-state index contributed by atoms with van der Waals surface area (Å²) in [4.78, 5) is 4.26. The minimum atomic E-state index is 0.400. The standard InChI is InChI=1S/C9H15NO2/c1-5-6(2)8-9(11-4)12-7(3)10-8/h6H,5H2,1-4H3/t6-/m0/s1. The summed E-state index contributed by atoms with van der Waals surface area (Å²) in [7, 11) is 1.60. The van der Waals surface area contributed by atoms with Gasteiger partial charge in [-0.3, -0.25) is 0 Å². The van der Waals surface area contributed by atoms with Gasteiger partial charge in [0.25, 0.3) is 0 Å². The number of hydrogen-bond donors (Lipinski definition) is 0. The summed E-state index contributed by atoms with van der Waals surface area (Å²) in [6, 6.07) is 0. The Morgan fingerprint density at radius 3 is 2.75 bits per heavy atom. The Hall–Kier alpha value is -0.990. The van der Waals surface area contributed by atoms with Crippen LogP contribution in [0.3, 0.4) is 0 Å². The van der Waals surface area contributed by atoms with Crippen LogP contribution in [-0.4, -0.2) is 12.1 Å². The van der Waals surface area contributed by atoms with Crippen molar-refractivity contribution in [3.8, 4) is 5.95 Å². The lowest BCUT2D eigenvalue weighted by molar-refractivity contribution is 0.292. The number of oxazole rings is 1. The van der Waals surface area contributed by atoms with Gasteiger partial charge in [-0.25, -0.2) is 4.98 Å². The molecule has 0 radical (unpaired) electrons. The predicted molar refractivity (Wildman–Crippen MR) is 46.5 cm³/mol. The van der Waals surface area contributed by atoms with E-state index in [4.69, 9.17) is 9.15 Å². The average Bonchev–Trinajstić information content (AvgIpc) is 2.45. The fourth-order valence-electron chi connectivity index (χ4n) is 1.08. The molecule has 0 amide bonds. The highest BCUT2D eigenvalue weighted by Crippen LogP contribution is 2.28. The highest BCUT2D eigenvalue weighted by Gasteiger charge is 2.16. The summed E-state index contributed by atoms with van der Waals surface area (Å²) in [6.07, 6.45) is 1.04. The minimum absolute atomic E-state index is 0.400. The summed E-state index contributed by atoms with van der Waals surface area (Å²) in [5.41, 5.74) is 0.928. The first kappa shape index (κ1) is 9.10. The van der Waals surface area contributed by atoms with E-state index in [0.29, 0.717) is 17.8 Å². The Balaban J connectivity index is 2.96. The Kier molecular flexibility index (Phi) is 2.74. The second-order valence-electron chi connectivity index (χ2n) is 2.92. The first-order valence-electron chi connectivity index (χ1n) is 4.20. The van der Waals surface area contributed by atoms with Crippen molar-refractivity contribution in [2.45, 2.75) is 33.1 Å². The average molecular weight is 169 g/mol. The molecule has 0 aliphatic carbocycles. The molecule has 1 aromatic rings. The topological polar surface area (TPSA) is 35.3 Å². The van der Waals surface area contributed by atoms with Gasteiger partial charge in [-0.2, -0.15) is 0 Å². The fraction of sp³-hybridized carbons (Fsp3) is 0.667. The number of hydrogen-bond acceptors (Lipinski definition) is 3. The van der Waals surface area contributed by atoms with Crippen LogP contribution >= 0.6 is 0 Å². The normalized spacial score (nSPS) is 13.0. The van der Waals surface area contributed by atoms with Crippen molar-refractivity contribution in [3.63, 3.8) is 0 Å². The number of ether oxygens (including phenoxy) is 1. The van der Waals surface area contributed by atoms with Gasteiger partial charge < -0.3 is 9.15 Å². The summed E-state index contributed by atoms with van der Waals surface area (Å²) in [5.74, 6) is 1.63. The molecule has 0 aliphatic heterocycles. The van der Waals surface area contributed by atoms with Gasteiger partial charge in [0.1, 0.15) is 5.69 Å². The maximum atomic E-state index is 5.25. The summed E-state index contributed by atoms with van der Waals surface area (Å²) >= 11 is 0. The molecule has 0 bridgehead atoms. The monoisotopic (exact) mass is 169 g/mol. The smallest absolute Gasteiger partial charge is 0.308 e. The molecule has 0 aliphatic rings. The highest BCUT2D eigenvalue weighted by molar-refractivity contribution is 5.19. The Morgan fingerprint density at radius 1 is 1.58 bits per heavy atom. The van der Waals surface area contributed by atoms with Crippen molar-refractivity contribution >= 4 is 0 Å². The molecule has 1 atom stereocenters. The van der Waals surface area contributed by atoms with Gasteiger partial charge in [-0.05, 0) is 6.42 Å². The lowest BCUT2D eigenvalue weighted by Gasteiger charge is -2.04. The van der Waals surface area contributed by atoms with Crippen LogP contribution in [0.5, 0.6) is 5.95 Å². The van der Waals surface area contributed by atoms with Crippen molar-refractivity contribution in [3.05, 3.63) is 11.6 Å². The molecular formula is C9H15NO2. The Labute approximate surface area is 72.7 Å². The van der Waals surface area contributed by atoms with Crippen molar-refractivity contribution in [1.82, 2.24) is 4.98 Å². The van der Waals surface area contributed by atoms with Crippen LogP contribution in [0.1, 0.15) is 37.8 Å². The van der Waals surface area contributed by atoms with E-state index in [0.717, 1.165) is 12.1 Å². The van der Waals surface area contributed by atoms with Crippen molar-refractivity contribution in [1.29, 1.82) is 0 Å². The third-order valence-electron chi connectivity index (χ3n) is 1.99. The van der Waals surface area contributed by atoms with Gasteiger partial charge in [0.05, 0.1) is 7.11 Å². The van der Waals surface area contributed by atoms with Crippen LogP contribution < -0.4 is 4.74 Å². The molecule has 1 aromatic heterocycles. The lowest BCUT2D eigenvalue weighted by Crippen LogP contribution is -1.94. The van der Waals surface area contributed by atoms with Crippen LogP contribution in [0.2, 0.25) is 0 Å². The molecule has 68 valence electrons. The van der Waals surface area contributed by atoms with Gasteiger partial charge in [0.2, 0.25) is 0 Å². The van der Waals surface area contributed by atoms with Gasteiger partial charge in [0, 0.05) is 12.8 Å². The summed E-state index contributed by atoms with van der Waals surface area (Å²) in [6.45, 7) is 6.06. The molecule has 0 N–H and O–H groups in total. The number of nitrogens with zero attached hydrogens (tertiary/aromatic N) is 1. The number of methoxy groups -OCH3 is 1. The van der Waals surface area contributed by atoms with E-state index in [2.05, 4.69) is 18.8 Å². The third-order valence-corrected chi connectivity index (χ3v) is 1.99. The first-order chi connectivity index (χ1) is 5.69.